The van der Waals surface area contributed by atoms with E-state index in [1.54, 1.807) is 0 Å². The van der Waals surface area contributed by atoms with Crippen LogP contribution in [0.1, 0.15) is 34.8 Å². The van der Waals surface area contributed by atoms with Gasteiger partial charge in [-0.15, -0.1) is 0 Å². The molecule has 0 amide bonds. The molecule has 0 aliphatic rings. The van der Waals surface area contributed by atoms with Crippen molar-refractivity contribution in [3.05, 3.63) is 34.9 Å². The Hall–Kier alpha value is -1.15. The molecule has 0 saturated heterocycles. The van der Waals surface area contributed by atoms with E-state index in [1.807, 2.05) is 39.0 Å². The van der Waals surface area contributed by atoms with Crippen LogP contribution in [-0.2, 0) is 0 Å². The van der Waals surface area contributed by atoms with Crippen molar-refractivity contribution >= 4 is 5.78 Å². The zero-order valence-electron chi connectivity index (χ0n) is 9.00. The molecule has 76 valence electrons. The van der Waals surface area contributed by atoms with Gasteiger partial charge in [-0.25, -0.2) is 0 Å². The lowest BCUT2D eigenvalue weighted by Gasteiger charge is -2.06. The van der Waals surface area contributed by atoms with Crippen LogP contribution in [0.15, 0.2) is 18.2 Å². The summed E-state index contributed by atoms with van der Waals surface area (Å²) in [5.41, 5.74) is 8.71. The summed E-state index contributed by atoms with van der Waals surface area (Å²) in [6.45, 7) is 5.89. The molecular weight excluding hydrogens is 174 g/mol. The molecule has 0 fully saturated rings. The van der Waals surface area contributed by atoms with Crippen molar-refractivity contribution < 1.29 is 4.79 Å². The zero-order chi connectivity index (χ0) is 10.7. The lowest BCUT2D eigenvalue weighted by Crippen LogP contribution is -2.19. The molecule has 0 spiro atoms. The maximum Gasteiger partial charge on any atom is 0.164 e. The first kappa shape index (κ1) is 10.9. The maximum absolute atomic E-state index is 11.6. The highest BCUT2D eigenvalue weighted by Crippen LogP contribution is 2.11. The Morgan fingerprint density at radius 3 is 2.50 bits per heavy atom. The van der Waals surface area contributed by atoms with Gasteiger partial charge in [-0.3, -0.25) is 4.79 Å². The summed E-state index contributed by atoms with van der Waals surface area (Å²) in [4.78, 5) is 11.6. The van der Waals surface area contributed by atoms with Crippen molar-refractivity contribution in [1.29, 1.82) is 0 Å². The first-order chi connectivity index (χ1) is 6.50. The molecule has 1 aromatic carbocycles. The van der Waals surface area contributed by atoms with Crippen molar-refractivity contribution in [3.8, 4) is 0 Å². The molecule has 0 aliphatic heterocycles. The number of aryl methyl sites for hydroxylation is 2. The van der Waals surface area contributed by atoms with E-state index in [1.165, 1.54) is 5.56 Å². The summed E-state index contributed by atoms with van der Waals surface area (Å²) in [6, 6.07) is 5.71. The number of rotatable bonds is 3. The van der Waals surface area contributed by atoms with Crippen LogP contribution < -0.4 is 5.73 Å². The maximum atomic E-state index is 11.6. The van der Waals surface area contributed by atoms with Gasteiger partial charge in [0.1, 0.15) is 0 Å². The second kappa shape index (κ2) is 4.38. The Kier molecular flexibility index (Phi) is 3.42. The molecule has 14 heavy (non-hydrogen) atoms. The first-order valence-corrected chi connectivity index (χ1v) is 4.86. The minimum absolute atomic E-state index is 0.0656. The number of hydrogen-bond acceptors (Lipinski definition) is 2. The number of benzene rings is 1. The number of ketones is 1. The summed E-state index contributed by atoms with van der Waals surface area (Å²) >= 11 is 0. The van der Waals surface area contributed by atoms with Crippen LogP contribution in [0.25, 0.3) is 0 Å². The Labute approximate surface area is 85.1 Å². The van der Waals surface area contributed by atoms with Crippen LogP contribution in [0, 0.1) is 13.8 Å². The Morgan fingerprint density at radius 2 is 2.00 bits per heavy atom. The lowest BCUT2D eigenvalue weighted by atomic mass is 10.0. The van der Waals surface area contributed by atoms with Gasteiger partial charge in [-0.1, -0.05) is 12.1 Å². The smallest absolute Gasteiger partial charge is 0.164 e. The topological polar surface area (TPSA) is 43.1 Å². The van der Waals surface area contributed by atoms with E-state index in [0.717, 1.165) is 11.1 Å². The number of Topliss-reactive ketones (excluding diaryl/α,β-unsaturated/α-hetero) is 1. The first-order valence-electron chi connectivity index (χ1n) is 4.86. The third-order valence-corrected chi connectivity index (χ3v) is 2.34. The second-order valence-corrected chi connectivity index (χ2v) is 3.90. The average Bonchev–Trinajstić information content (AvgIpc) is 2.08. The number of carbonyl (C=O) groups is 1. The highest BCUT2D eigenvalue weighted by atomic mass is 16.1. The highest BCUT2D eigenvalue weighted by molar-refractivity contribution is 5.96. The molecule has 0 heterocycles. The Morgan fingerprint density at radius 1 is 1.36 bits per heavy atom. The average molecular weight is 191 g/mol. The zero-order valence-corrected chi connectivity index (χ0v) is 9.00. The minimum Gasteiger partial charge on any atom is -0.328 e. The predicted octanol–water partition coefficient (Wildman–Crippen LogP) is 2.22. The Balaban J connectivity index is 2.86. The lowest BCUT2D eigenvalue weighted by molar-refractivity contribution is 0.0976. The van der Waals surface area contributed by atoms with Crippen LogP contribution >= 0.6 is 0 Å². The van der Waals surface area contributed by atoms with Gasteiger partial charge < -0.3 is 5.73 Å². The van der Waals surface area contributed by atoms with E-state index in [9.17, 15) is 4.79 Å². The molecule has 2 heteroatoms. The standard InChI is InChI=1S/C12H17NO/c1-8-4-5-11(6-9(8)2)12(14)7-10(3)13/h4-6,10H,7,13H2,1-3H3. The fourth-order valence-corrected chi connectivity index (χ4v) is 1.33. The SMILES string of the molecule is Cc1ccc(C(=O)CC(C)N)cc1C. The number of carbonyl (C=O) groups excluding carboxylic acids is 1. The molecule has 0 saturated carbocycles. The Bertz CT molecular complexity index is 342. The molecule has 1 rings (SSSR count). The molecule has 2 nitrogen and oxygen atoms in total. The van der Waals surface area contributed by atoms with E-state index in [2.05, 4.69) is 0 Å². The summed E-state index contributed by atoms with van der Waals surface area (Å²) in [7, 11) is 0. The molecule has 0 radical (unpaired) electrons. The largest absolute Gasteiger partial charge is 0.328 e. The summed E-state index contributed by atoms with van der Waals surface area (Å²) in [6.07, 6.45) is 0.419. The van der Waals surface area contributed by atoms with E-state index in [-0.39, 0.29) is 11.8 Å². The van der Waals surface area contributed by atoms with Crippen LogP contribution in [0.3, 0.4) is 0 Å². The molecule has 0 aliphatic carbocycles. The normalized spacial score (nSPS) is 12.6. The van der Waals surface area contributed by atoms with Crippen molar-refractivity contribution in [2.75, 3.05) is 0 Å². The summed E-state index contributed by atoms with van der Waals surface area (Å²) < 4.78 is 0. The van der Waals surface area contributed by atoms with Crippen LogP contribution in [0.2, 0.25) is 0 Å². The van der Waals surface area contributed by atoms with Gasteiger partial charge in [-0.05, 0) is 38.0 Å². The molecule has 2 N–H and O–H groups in total. The molecule has 1 unspecified atom stereocenters. The van der Waals surface area contributed by atoms with Crippen molar-refractivity contribution in [3.63, 3.8) is 0 Å². The quantitative estimate of drug-likeness (QED) is 0.744. The van der Waals surface area contributed by atoms with Crippen LogP contribution in [-0.4, -0.2) is 11.8 Å². The minimum atomic E-state index is -0.0656. The van der Waals surface area contributed by atoms with Gasteiger partial charge in [-0.2, -0.15) is 0 Å². The van der Waals surface area contributed by atoms with Crippen molar-refractivity contribution in [1.82, 2.24) is 0 Å². The van der Waals surface area contributed by atoms with E-state index >= 15 is 0 Å². The molecule has 0 bridgehead atoms. The van der Waals surface area contributed by atoms with Crippen molar-refractivity contribution in [2.45, 2.75) is 33.2 Å². The summed E-state index contributed by atoms with van der Waals surface area (Å²) in [5.74, 6) is 0.128. The van der Waals surface area contributed by atoms with E-state index in [4.69, 9.17) is 5.73 Å². The van der Waals surface area contributed by atoms with Crippen LogP contribution in [0.4, 0.5) is 0 Å². The fourth-order valence-electron chi connectivity index (χ4n) is 1.33. The fraction of sp³-hybridized carbons (Fsp3) is 0.417. The van der Waals surface area contributed by atoms with Gasteiger partial charge in [0.05, 0.1) is 0 Å². The van der Waals surface area contributed by atoms with E-state index < -0.39 is 0 Å². The highest BCUT2D eigenvalue weighted by Gasteiger charge is 2.08. The molecule has 1 atom stereocenters. The summed E-state index contributed by atoms with van der Waals surface area (Å²) in [5, 5.41) is 0. The molecule has 1 aromatic rings. The molecular formula is C12H17NO. The second-order valence-electron chi connectivity index (χ2n) is 3.90. The van der Waals surface area contributed by atoms with Crippen LogP contribution in [0.5, 0.6) is 0 Å². The number of hydrogen-bond donors (Lipinski definition) is 1. The molecule has 0 aromatic heterocycles. The monoisotopic (exact) mass is 191 g/mol. The van der Waals surface area contributed by atoms with Gasteiger partial charge in [0.25, 0.3) is 0 Å². The number of nitrogens with two attached hydrogens (primary N) is 1. The third kappa shape index (κ3) is 2.67. The van der Waals surface area contributed by atoms with Gasteiger partial charge in [0.15, 0.2) is 5.78 Å². The van der Waals surface area contributed by atoms with Gasteiger partial charge in [0, 0.05) is 18.0 Å². The van der Waals surface area contributed by atoms with Crippen molar-refractivity contribution in [2.24, 2.45) is 5.73 Å². The van der Waals surface area contributed by atoms with E-state index in [0.29, 0.717) is 6.42 Å². The van der Waals surface area contributed by atoms with Gasteiger partial charge in [0.2, 0.25) is 0 Å². The van der Waals surface area contributed by atoms with Gasteiger partial charge >= 0.3 is 0 Å². The third-order valence-electron chi connectivity index (χ3n) is 2.34. The predicted molar refractivity (Wildman–Crippen MR) is 58.5 cm³/mol.